The molecule has 0 saturated carbocycles. The Bertz CT molecular complexity index is 211. The summed E-state index contributed by atoms with van der Waals surface area (Å²) in [5.41, 5.74) is 7.50. The molecular formula is C6H2F2. The summed E-state index contributed by atoms with van der Waals surface area (Å²) >= 11 is 0. The molecule has 0 aliphatic carbocycles. The van der Waals surface area contributed by atoms with Crippen molar-refractivity contribution in [2.75, 3.05) is 0 Å². The first-order valence-corrected chi connectivity index (χ1v) is 1.73. The molecule has 0 radical (unpaired) electrons. The van der Waals surface area contributed by atoms with E-state index in [9.17, 15) is 8.78 Å². The Morgan fingerprint density at radius 1 is 1.25 bits per heavy atom. The first-order valence-electron chi connectivity index (χ1n) is 1.73. The summed E-state index contributed by atoms with van der Waals surface area (Å²) in [6, 6.07) is 0. The molecule has 0 unspecified atom stereocenters. The normalized spacial score (nSPS) is 5.25. The zero-order valence-electron chi connectivity index (χ0n) is 3.96. The van der Waals surface area contributed by atoms with Gasteiger partial charge in [-0.25, -0.2) is 0 Å². The van der Waals surface area contributed by atoms with Gasteiger partial charge in [-0.1, -0.05) is 5.73 Å². The predicted octanol–water partition coefficient (Wildman–Crippen LogP) is 2.02. The minimum atomic E-state index is -1.92. The topological polar surface area (TPSA) is 0 Å². The third kappa shape index (κ3) is 4.72. The number of hydrogen-bond donors (Lipinski definition) is 0. The Labute approximate surface area is 45.4 Å². The van der Waals surface area contributed by atoms with Crippen LogP contribution in [-0.2, 0) is 0 Å². The van der Waals surface area contributed by atoms with Crippen LogP contribution >= 0.6 is 0 Å². The Balaban J connectivity index is 4.75. The van der Waals surface area contributed by atoms with Gasteiger partial charge in [0.15, 0.2) is 0 Å². The van der Waals surface area contributed by atoms with Crippen LogP contribution in [-0.4, -0.2) is 0 Å². The van der Waals surface area contributed by atoms with Crippen LogP contribution in [0.25, 0.3) is 0 Å². The van der Waals surface area contributed by atoms with Crippen molar-refractivity contribution in [3.8, 4) is 0 Å². The molecular weight excluding hydrogens is 110 g/mol. The molecule has 40 valence electrons. The van der Waals surface area contributed by atoms with Crippen LogP contribution in [0.1, 0.15) is 0 Å². The predicted molar refractivity (Wildman–Crippen MR) is 25.4 cm³/mol. The Kier molecular flexibility index (Phi) is 3.27. The van der Waals surface area contributed by atoms with Crippen LogP contribution in [0.2, 0.25) is 0 Å². The fourth-order valence-electron chi connectivity index (χ4n) is 0.123. The molecule has 0 nitrogen and oxygen atoms in total. The lowest BCUT2D eigenvalue weighted by molar-refractivity contribution is 0.424. The zero-order valence-corrected chi connectivity index (χ0v) is 3.96. The van der Waals surface area contributed by atoms with Crippen LogP contribution < -0.4 is 0 Å². The summed E-state index contributed by atoms with van der Waals surface area (Å²) in [4.78, 5) is 0. The second kappa shape index (κ2) is 3.89. The summed E-state index contributed by atoms with van der Waals surface area (Å²) in [5.74, 6) is 0. The van der Waals surface area contributed by atoms with E-state index >= 15 is 0 Å². The average molecular weight is 112 g/mol. The van der Waals surface area contributed by atoms with E-state index in [1.54, 1.807) is 0 Å². The van der Waals surface area contributed by atoms with Gasteiger partial charge in [0.2, 0.25) is 0 Å². The lowest BCUT2D eigenvalue weighted by Gasteiger charge is -1.56. The van der Waals surface area contributed by atoms with Gasteiger partial charge in [0, 0.05) is 5.73 Å². The SMILES string of the molecule is C=C=C=C=C=C(F)F. The molecule has 0 spiro atoms. The standard InChI is InChI=1S/C6H2F2/c1-2-3-4-5-6(7)8/h1H2. The van der Waals surface area contributed by atoms with Crippen LogP contribution in [0, 0.1) is 0 Å². The van der Waals surface area contributed by atoms with Crippen molar-refractivity contribution in [1.29, 1.82) is 0 Å². The van der Waals surface area contributed by atoms with Crippen molar-refractivity contribution in [3.63, 3.8) is 0 Å². The molecule has 0 aromatic heterocycles. The van der Waals surface area contributed by atoms with E-state index in [1.165, 1.54) is 5.73 Å². The molecule has 0 rings (SSSR count). The number of hydrogen-bond acceptors (Lipinski definition) is 0. The Hall–Kier alpha value is -1.28. The highest BCUT2D eigenvalue weighted by Crippen LogP contribution is 1.89. The van der Waals surface area contributed by atoms with Crippen molar-refractivity contribution < 1.29 is 8.78 Å². The molecule has 8 heavy (non-hydrogen) atoms. The average Bonchev–Trinajstić information content (AvgIpc) is 1.66. The van der Waals surface area contributed by atoms with Crippen molar-refractivity contribution in [2.24, 2.45) is 0 Å². The monoisotopic (exact) mass is 112 g/mol. The summed E-state index contributed by atoms with van der Waals surface area (Å²) in [6.45, 7) is 3.06. The van der Waals surface area contributed by atoms with Gasteiger partial charge in [-0.2, -0.15) is 8.78 Å². The van der Waals surface area contributed by atoms with Gasteiger partial charge in [0.05, 0.1) is 0 Å². The van der Waals surface area contributed by atoms with Gasteiger partial charge in [-0.15, -0.1) is 0 Å². The summed E-state index contributed by atoms with van der Waals surface area (Å²) in [7, 11) is 0. The van der Waals surface area contributed by atoms with Crippen LogP contribution in [0.4, 0.5) is 8.78 Å². The summed E-state index contributed by atoms with van der Waals surface area (Å²) in [5, 5.41) is 0. The highest BCUT2D eigenvalue weighted by Gasteiger charge is 1.74. The molecule has 0 aromatic carbocycles. The summed E-state index contributed by atoms with van der Waals surface area (Å²) in [6.07, 6.45) is -1.92. The molecule has 0 aliphatic rings. The van der Waals surface area contributed by atoms with Crippen LogP contribution in [0.3, 0.4) is 0 Å². The quantitative estimate of drug-likeness (QED) is 0.420. The van der Waals surface area contributed by atoms with Crippen molar-refractivity contribution in [3.05, 3.63) is 35.6 Å². The summed E-state index contributed by atoms with van der Waals surface area (Å²) < 4.78 is 22.0. The van der Waals surface area contributed by atoms with E-state index in [-0.39, 0.29) is 0 Å². The van der Waals surface area contributed by atoms with E-state index in [0.717, 1.165) is 0 Å². The maximum absolute atomic E-state index is 11.0. The highest BCUT2D eigenvalue weighted by molar-refractivity contribution is 4.85. The van der Waals surface area contributed by atoms with Crippen molar-refractivity contribution >= 4 is 0 Å². The van der Waals surface area contributed by atoms with Crippen molar-refractivity contribution in [1.82, 2.24) is 0 Å². The number of rotatable bonds is 0. The highest BCUT2D eigenvalue weighted by atomic mass is 19.3. The van der Waals surface area contributed by atoms with Gasteiger partial charge >= 0.3 is 6.08 Å². The first-order chi connectivity index (χ1) is 3.77. The van der Waals surface area contributed by atoms with Gasteiger partial charge in [0.25, 0.3) is 0 Å². The minimum absolute atomic E-state index is 1.47. The largest absolute Gasteiger partial charge is 0.321 e. The van der Waals surface area contributed by atoms with Gasteiger partial charge in [-0.05, 0) is 18.0 Å². The molecule has 0 aliphatic heterocycles. The van der Waals surface area contributed by atoms with E-state index in [0.29, 0.717) is 0 Å². The zero-order chi connectivity index (χ0) is 6.41. The molecule has 0 aromatic rings. The van der Waals surface area contributed by atoms with Gasteiger partial charge < -0.3 is 0 Å². The molecule has 2 heteroatoms. The first kappa shape index (κ1) is 6.72. The van der Waals surface area contributed by atoms with E-state index < -0.39 is 6.08 Å². The van der Waals surface area contributed by atoms with E-state index in [4.69, 9.17) is 0 Å². The second-order valence-corrected chi connectivity index (χ2v) is 0.812. The molecule has 0 fully saturated rings. The fourth-order valence-corrected chi connectivity index (χ4v) is 0.123. The smallest absolute Gasteiger partial charge is 0.163 e. The van der Waals surface area contributed by atoms with Crippen LogP contribution in [0.5, 0.6) is 0 Å². The maximum atomic E-state index is 11.0. The second-order valence-electron chi connectivity index (χ2n) is 0.812. The molecule has 0 amide bonds. The minimum Gasteiger partial charge on any atom is -0.163 e. The van der Waals surface area contributed by atoms with Crippen molar-refractivity contribution in [2.45, 2.75) is 0 Å². The number of halogens is 2. The fraction of sp³-hybridized carbons (Fsp3) is 0. The maximum Gasteiger partial charge on any atom is 0.321 e. The third-order valence-corrected chi connectivity index (χ3v) is 0.308. The van der Waals surface area contributed by atoms with Gasteiger partial charge in [-0.3, -0.25) is 0 Å². The lowest BCUT2D eigenvalue weighted by atomic mass is 10.7. The van der Waals surface area contributed by atoms with Crippen LogP contribution in [0.15, 0.2) is 35.6 Å². The molecule has 0 bridgehead atoms. The molecule has 0 atom stereocenters. The molecule has 0 saturated heterocycles. The van der Waals surface area contributed by atoms with E-state index in [1.807, 2.05) is 5.73 Å². The van der Waals surface area contributed by atoms with Gasteiger partial charge in [0.1, 0.15) is 0 Å². The lowest BCUT2D eigenvalue weighted by Crippen LogP contribution is -1.40. The third-order valence-electron chi connectivity index (χ3n) is 0.308. The molecule has 0 heterocycles. The Morgan fingerprint density at radius 3 is 2.25 bits per heavy atom. The van der Waals surface area contributed by atoms with E-state index in [2.05, 4.69) is 18.0 Å². The Morgan fingerprint density at radius 2 is 1.88 bits per heavy atom. The molecule has 0 N–H and O–H groups in total.